The molecule has 12 heavy (non-hydrogen) atoms. The van der Waals surface area contributed by atoms with E-state index in [-0.39, 0.29) is 5.02 Å². The number of hydrogen-bond donors (Lipinski definition) is 0. The fourth-order valence-electron chi connectivity index (χ4n) is 0.709. The van der Waals surface area contributed by atoms with Gasteiger partial charge in [0.2, 0.25) is 0 Å². The summed E-state index contributed by atoms with van der Waals surface area (Å²) >= 11 is 10.7. The van der Waals surface area contributed by atoms with Crippen molar-refractivity contribution in [2.24, 2.45) is 0 Å². The van der Waals surface area contributed by atoms with E-state index < -0.39 is 22.8 Å². The second-order valence-corrected chi connectivity index (χ2v) is 2.85. The lowest BCUT2D eigenvalue weighted by Gasteiger charge is -2.03. The first-order valence-electron chi connectivity index (χ1n) is 2.95. The molecule has 0 spiro atoms. The first-order valence-corrected chi connectivity index (χ1v) is 3.71. The Morgan fingerprint density at radius 3 is 2.25 bits per heavy atom. The minimum absolute atomic E-state index is 0.0708. The molecule has 0 aromatic heterocycles. The molecule has 0 unspecified atom stereocenters. The molecule has 1 aromatic carbocycles. The zero-order valence-electron chi connectivity index (χ0n) is 5.62. The molecule has 0 bridgehead atoms. The molecular formula is C7H3Cl2F3. The van der Waals surface area contributed by atoms with E-state index in [2.05, 4.69) is 0 Å². The maximum atomic E-state index is 12.8. The minimum Gasteiger partial charge on any atom is -0.205 e. The SMILES string of the molecule is Fc1c(C(F)F)ccc(Cl)c1Cl. The molecule has 0 aliphatic heterocycles. The summed E-state index contributed by atoms with van der Waals surface area (Å²) in [5.74, 6) is -1.15. The predicted molar refractivity (Wildman–Crippen MR) is 41.4 cm³/mol. The largest absolute Gasteiger partial charge is 0.266 e. The highest BCUT2D eigenvalue weighted by molar-refractivity contribution is 6.42. The molecule has 0 atom stereocenters. The maximum absolute atomic E-state index is 12.8. The Kier molecular flexibility index (Phi) is 2.85. The fraction of sp³-hybridized carbons (Fsp3) is 0.143. The van der Waals surface area contributed by atoms with E-state index in [9.17, 15) is 13.2 Å². The second-order valence-electron chi connectivity index (χ2n) is 2.07. The number of benzene rings is 1. The van der Waals surface area contributed by atoms with Crippen molar-refractivity contribution in [1.82, 2.24) is 0 Å². The van der Waals surface area contributed by atoms with Gasteiger partial charge in [-0.05, 0) is 12.1 Å². The van der Waals surface area contributed by atoms with E-state index >= 15 is 0 Å². The average Bonchev–Trinajstić information content (AvgIpc) is 2.00. The van der Waals surface area contributed by atoms with Gasteiger partial charge in [-0.15, -0.1) is 0 Å². The topological polar surface area (TPSA) is 0 Å². The summed E-state index contributed by atoms with van der Waals surface area (Å²) in [6.07, 6.45) is -2.88. The Hall–Kier alpha value is -0.410. The summed E-state index contributed by atoms with van der Waals surface area (Å²) in [7, 11) is 0. The van der Waals surface area contributed by atoms with Crippen molar-refractivity contribution in [3.8, 4) is 0 Å². The predicted octanol–water partition coefficient (Wildman–Crippen LogP) is 4.07. The monoisotopic (exact) mass is 214 g/mol. The molecular weight excluding hydrogens is 212 g/mol. The molecule has 0 saturated heterocycles. The summed E-state index contributed by atoms with van der Waals surface area (Å²) in [6, 6.07) is 2.04. The molecule has 0 nitrogen and oxygen atoms in total. The highest BCUT2D eigenvalue weighted by Crippen LogP contribution is 2.31. The van der Waals surface area contributed by atoms with Gasteiger partial charge in [-0.25, -0.2) is 13.2 Å². The van der Waals surface area contributed by atoms with Crippen LogP contribution < -0.4 is 0 Å². The van der Waals surface area contributed by atoms with Gasteiger partial charge < -0.3 is 0 Å². The third-order valence-electron chi connectivity index (χ3n) is 1.30. The zero-order valence-corrected chi connectivity index (χ0v) is 7.13. The smallest absolute Gasteiger partial charge is 0.205 e. The van der Waals surface area contributed by atoms with Crippen LogP contribution >= 0.6 is 23.2 Å². The highest BCUT2D eigenvalue weighted by Gasteiger charge is 2.17. The molecule has 1 aromatic rings. The Labute approximate surface area is 76.9 Å². The van der Waals surface area contributed by atoms with Crippen LogP contribution in [0.1, 0.15) is 12.0 Å². The molecule has 0 aliphatic carbocycles. The van der Waals surface area contributed by atoms with Crippen LogP contribution in [0.5, 0.6) is 0 Å². The van der Waals surface area contributed by atoms with Gasteiger partial charge in [0.1, 0.15) is 0 Å². The van der Waals surface area contributed by atoms with Crippen molar-refractivity contribution >= 4 is 23.2 Å². The van der Waals surface area contributed by atoms with Crippen LogP contribution in [0.15, 0.2) is 12.1 Å². The van der Waals surface area contributed by atoms with Crippen molar-refractivity contribution < 1.29 is 13.2 Å². The van der Waals surface area contributed by atoms with Crippen LogP contribution in [-0.2, 0) is 0 Å². The Morgan fingerprint density at radius 1 is 1.17 bits per heavy atom. The number of halogens is 5. The Bertz CT molecular complexity index is 299. The van der Waals surface area contributed by atoms with Gasteiger partial charge in [0.15, 0.2) is 5.82 Å². The lowest BCUT2D eigenvalue weighted by molar-refractivity contribution is 0.146. The molecule has 0 saturated carbocycles. The van der Waals surface area contributed by atoms with Crippen molar-refractivity contribution in [3.05, 3.63) is 33.6 Å². The lowest BCUT2D eigenvalue weighted by atomic mass is 10.2. The van der Waals surface area contributed by atoms with Gasteiger partial charge in [0.05, 0.1) is 15.6 Å². The molecule has 66 valence electrons. The third-order valence-corrected chi connectivity index (χ3v) is 2.08. The molecule has 0 amide bonds. The Balaban J connectivity index is 3.27. The first kappa shape index (κ1) is 9.68. The van der Waals surface area contributed by atoms with Crippen LogP contribution in [0.3, 0.4) is 0 Å². The van der Waals surface area contributed by atoms with E-state index in [1.165, 1.54) is 0 Å². The van der Waals surface area contributed by atoms with Crippen molar-refractivity contribution in [2.45, 2.75) is 6.43 Å². The van der Waals surface area contributed by atoms with Crippen molar-refractivity contribution in [1.29, 1.82) is 0 Å². The van der Waals surface area contributed by atoms with Gasteiger partial charge in [0, 0.05) is 0 Å². The van der Waals surface area contributed by atoms with Gasteiger partial charge in [0.25, 0.3) is 6.43 Å². The Morgan fingerprint density at radius 2 is 1.75 bits per heavy atom. The summed E-state index contributed by atoms with van der Waals surface area (Å²) in [4.78, 5) is 0. The van der Waals surface area contributed by atoms with Crippen LogP contribution in [-0.4, -0.2) is 0 Å². The average molecular weight is 215 g/mol. The second kappa shape index (κ2) is 3.54. The first-order chi connectivity index (χ1) is 5.54. The standard InChI is InChI=1S/C7H3Cl2F3/c8-4-2-1-3(7(11)12)6(10)5(4)9/h1-2,7H. The minimum atomic E-state index is -2.88. The number of rotatable bonds is 1. The van der Waals surface area contributed by atoms with Gasteiger partial charge in [-0.2, -0.15) is 0 Å². The normalized spacial score (nSPS) is 10.8. The summed E-state index contributed by atoms with van der Waals surface area (Å²) in [5, 5.41) is -0.534. The molecule has 0 heterocycles. The van der Waals surface area contributed by atoms with E-state index in [0.717, 1.165) is 12.1 Å². The maximum Gasteiger partial charge on any atom is 0.266 e. The molecule has 0 N–H and O–H groups in total. The van der Waals surface area contributed by atoms with Gasteiger partial charge in [-0.3, -0.25) is 0 Å². The molecule has 5 heteroatoms. The summed E-state index contributed by atoms with van der Waals surface area (Å²) < 4.78 is 36.8. The number of alkyl halides is 2. The summed E-state index contributed by atoms with van der Waals surface area (Å²) in [5.41, 5.74) is -0.732. The molecule has 1 rings (SSSR count). The highest BCUT2D eigenvalue weighted by atomic mass is 35.5. The number of hydrogen-bond acceptors (Lipinski definition) is 0. The molecule has 0 aliphatic rings. The van der Waals surface area contributed by atoms with Crippen LogP contribution in [0, 0.1) is 5.82 Å². The van der Waals surface area contributed by atoms with Crippen LogP contribution in [0.2, 0.25) is 10.0 Å². The lowest BCUT2D eigenvalue weighted by Crippen LogP contribution is -1.91. The third kappa shape index (κ3) is 1.67. The molecule has 0 fully saturated rings. The molecule has 0 radical (unpaired) electrons. The zero-order chi connectivity index (χ0) is 9.30. The van der Waals surface area contributed by atoms with Gasteiger partial charge >= 0.3 is 0 Å². The van der Waals surface area contributed by atoms with Crippen LogP contribution in [0.4, 0.5) is 13.2 Å². The van der Waals surface area contributed by atoms with Gasteiger partial charge in [-0.1, -0.05) is 23.2 Å². The quantitative estimate of drug-likeness (QED) is 0.619. The van der Waals surface area contributed by atoms with E-state index in [4.69, 9.17) is 23.2 Å². The van der Waals surface area contributed by atoms with Crippen molar-refractivity contribution in [2.75, 3.05) is 0 Å². The van der Waals surface area contributed by atoms with E-state index in [1.807, 2.05) is 0 Å². The van der Waals surface area contributed by atoms with E-state index in [1.54, 1.807) is 0 Å². The fourth-order valence-corrected chi connectivity index (χ4v) is 1.03. The van der Waals surface area contributed by atoms with Crippen molar-refractivity contribution in [3.63, 3.8) is 0 Å². The van der Waals surface area contributed by atoms with Crippen LogP contribution in [0.25, 0.3) is 0 Å². The summed E-state index contributed by atoms with van der Waals surface area (Å²) in [6.45, 7) is 0. The van der Waals surface area contributed by atoms with E-state index in [0.29, 0.717) is 0 Å².